The number of hydrogen-bond donors (Lipinski definition) is 0. The first-order chi connectivity index (χ1) is 18.5. The number of unbranched alkanes of at least 4 members (excludes halogenated alkanes) is 1. The highest BCUT2D eigenvalue weighted by Gasteiger charge is 2.16. The average Bonchev–Trinajstić information content (AvgIpc) is 2.94. The first-order valence-electron chi connectivity index (χ1n) is 12.9. The van der Waals surface area contributed by atoms with Gasteiger partial charge >= 0.3 is 0 Å². The maximum Gasteiger partial charge on any atom is 0.168 e. The molecule has 0 amide bonds. The van der Waals surface area contributed by atoms with E-state index in [9.17, 15) is 4.39 Å². The monoisotopic (exact) mass is 520 g/mol. The largest absolute Gasteiger partial charge is 0.494 e. The zero-order valence-electron chi connectivity index (χ0n) is 21.6. The first kappa shape index (κ1) is 27.1. The average molecular weight is 521 g/mol. The van der Waals surface area contributed by atoms with Crippen molar-refractivity contribution in [2.24, 2.45) is 0 Å². The summed E-state index contributed by atoms with van der Waals surface area (Å²) in [6, 6.07) is 21.5. The van der Waals surface area contributed by atoms with Crippen LogP contribution >= 0.6 is 0 Å². The van der Waals surface area contributed by atoms with Gasteiger partial charge in [0.2, 0.25) is 0 Å². The van der Waals surface area contributed by atoms with Crippen molar-refractivity contribution in [2.45, 2.75) is 39.7 Å². The molecule has 4 aromatic rings. The van der Waals surface area contributed by atoms with Gasteiger partial charge in [-0.2, -0.15) is 0 Å². The Morgan fingerprint density at radius 1 is 0.579 bits per heavy atom. The summed E-state index contributed by atoms with van der Waals surface area (Å²) in [7, 11) is 0. The van der Waals surface area contributed by atoms with Gasteiger partial charge < -0.3 is 14.2 Å². The molecule has 0 aromatic heterocycles. The molecule has 0 bridgehead atoms. The second-order valence-electron chi connectivity index (χ2n) is 8.94. The number of hydrogen-bond acceptors (Lipinski definition) is 3. The molecule has 0 aliphatic rings. The molecule has 0 unspecified atom stereocenters. The molecule has 4 rings (SSSR count). The van der Waals surface area contributed by atoms with Gasteiger partial charge in [0.1, 0.15) is 18.1 Å². The van der Waals surface area contributed by atoms with Crippen LogP contribution in [0.3, 0.4) is 0 Å². The van der Waals surface area contributed by atoms with Crippen molar-refractivity contribution in [3.63, 3.8) is 0 Å². The fraction of sp³-hybridized carbons (Fsp3) is 0.250. The molecule has 0 aliphatic heterocycles. The Balaban J connectivity index is 1.42. The minimum absolute atomic E-state index is 0.116. The van der Waals surface area contributed by atoms with Crippen LogP contribution in [0.2, 0.25) is 0 Å². The molecular formula is C32H31F3O3. The summed E-state index contributed by atoms with van der Waals surface area (Å²) in [6.07, 6.45) is 2.79. The highest BCUT2D eigenvalue weighted by atomic mass is 19.2. The SMILES string of the molecule is CCCCOc1ccc(OCc2ccc(-c3ccc(-c4ccc(OCCC)cc4)c(F)c3F)cc2)c(F)c1. The molecular weight excluding hydrogens is 489 g/mol. The molecule has 0 saturated heterocycles. The van der Waals surface area contributed by atoms with Crippen molar-refractivity contribution in [2.75, 3.05) is 13.2 Å². The normalized spacial score (nSPS) is 10.9. The zero-order valence-corrected chi connectivity index (χ0v) is 21.6. The van der Waals surface area contributed by atoms with Crippen LogP contribution in [0.15, 0.2) is 78.9 Å². The van der Waals surface area contributed by atoms with Crippen LogP contribution in [0.1, 0.15) is 38.7 Å². The van der Waals surface area contributed by atoms with Crippen LogP contribution in [-0.2, 0) is 6.61 Å². The lowest BCUT2D eigenvalue weighted by Crippen LogP contribution is -2.00. The lowest BCUT2D eigenvalue weighted by molar-refractivity contribution is 0.284. The van der Waals surface area contributed by atoms with Crippen molar-refractivity contribution in [1.82, 2.24) is 0 Å². The van der Waals surface area contributed by atoms with E-state index in [0.29, 0.717) is 35.8 Å². The van der Waals surface area contributed by atoms with Crippen LogP contribution in [0, 0.1) is 17.5 Å². The zero-order chi connectivity index (χ0) is 26.9. The standard InChI is InChI=1S/C32H31F3O3/c1-3-5-19-37-26-14-17-30(29(33)20-26)38-21-22-6-8-23(9-7-22)27-15-16-28(32(35)31(27)34)24-10-12-25(13-11-24)36-18-4-2/h6-17,20H,3-5,18-19,21H2,1-2H3. The highest BCUT2D eigenvalue weighted by molar-refractivity contribution is 5.72. The maximum atomic E-state index is 15.0. The summed E-state index contributed by atoms with van der Waals surface area (Å²) < 4.78 is 61.1. The third-order valence-corrected chi connectivity index (χ3v) is 6.05. The smallest absolute Gasteiger partial charge is 0.168 e. The van der Waals surface area contributed by atoms with E-state index in [-0.39, 0.29) is 23.5 Å². The van der Waals surface area contributed by atoms with E-state index in [0.717, 1.165) is 24.8 Å². The van der Waals surface area contributed by atoms with Crippen LogP contribution in [0.5, 0.6) is 17.2 Å². The Bertz CT molecular complexity index is 1340. The second-order valence-corrected chi connectivity index (χ2v) is 8.94. The molecule has 0 fully saturated rings. The van der Waals surface area contributed by atoms with Gasteiger partial charge in [0.25, 0.3) is 0 Å². The highest BCUT2D eigenvalue weighted by Crippen LogP contribution is 2.32. The molecule has 38 heavy (non-hydrogen) atoms. The minimum Gasteiger partial charge on any atom is -0.494 e. The lowest BCUT2D eigenvalue weighted by Gasteiger charge is -2.12. The molecule has 0 N–H and O–H groups in total. The predicted molar refractivity (Wildman–Crippen MR) is 144 cm³/mol. The maximum absolute atomic E-state index is 15.0. The number of halogens is 3. The van der Waals surface area contributed by atoms with Gasteiger partial charge in [0, 0.05) is 17.2 Å². The van der Waals surface area contributed by atoms with E-state index in [1.54, 1.807) is 66.7 Å². The van der Waals surface area contributed by atoms with Gasteiger partial charge in [-0.25, -0.2) is 13.2 Å². The molecule has 0 heterocycles. The van der Waals surface area contributed by atoms with E-state index >= 15 is 8.78 Å². The van der Waals surface area contributed by atoms with Gasteiger partial charge in [-0.05, 0) is 53.8 Å². The van der Waals surface area contributed by atoms with Gasteiger partial charge in [0.15, 0.2) is 23.2 Å². The fourth-order valence-corrected chi connectivity index (χ4v) is 3.91. The Labute approximate surface area is 221 Å². The molecule has 0 saturated carbocycles. The number of rotatable bonds is 12. The summed E-state index contributed by atoms with van der Waals surface area (Å²) in [6.45, 7) is 5.34. The molecule has 0 aliphatic carbocycles. The van der Waals surface area contributed by atoms with Crippen LogP contribution in [-0.4, -0.2) is 13.2 Å². The van der Waals surface area contributed by atoms with E-state index in [2.05, 4.69) is 6.92 Å². The van der Waals surface area contributed by atoms with Crippen molar-refractivity contribution < 1.29 is 27.4 Å². The van der Waals surface area contributed by atoms with E-state index in [1.807, 2.05) is 6.92 Å². The van der Waals surface area contributed by atoms with Crippen molar-refractivity contribution in [3.05, 3.63) is 102 Å². The topological polar surface area (TPSA) is 27.7 Å². The van der Waals surface area contributed by atoms with Crippen molar-refractivity contribution >= 4 is 0 Å². The summed E-state index contributed by atoms with van der Waals surface area (Å²) in [5, 5.41) is 0. The lowest BCUT2D eigenvalue weighted by atomic mass is 9.98. The molecule has 4 aromatic carbocycles. The van der Waals surface area contributed by atoms with Crippen LogP contribution in [0.4, 0.5) is 13.2 Å². The number of ether oxygens (including phenoxy) is 3. The Hall–Kier alpha value is -3.93. The summed E-state index contributed by atoms with van der Waals surface area (Å²) in [5.41, 5.74) is 2.20. The van der Waals surface area contributed by atoms with E-state index in [4.69, 9.17) is 14.2 Å². The Kier molecular flexibility index (Phi) is 9.30. The van der Waals surface area contributed by atoms with Crippen LogP contribution < -0.4 is 14.2 Å². The molecule has 198 valence electrons. The van der Waals surface area contributed by atoms with Crippen LogP contribution in [0.25, 0.3) is 22.3 Å². The minimum atomic E-state index is -0.916. The quantitative estimate of drug-likeness (QED) is 0.175. The van der Waals surface area contributed by atoms with Gasteiger partial charge in [-0.3, -0.25) is 0 Å². The Morgan fingerprint density at radius 3 is 1.74 bits per heavy atom. The summed E-state index contributed by atoms with van der Waals surface area (Å²) >= 11 is 0. The van der Waals surface area contributed by atoms with Crippen molar-refractivity contribution in [1.29, 1.82) is 0 Å². The molecule has 3 nitrogen and oxygen atoms in total. The fourth-order valence-electron chi connectivity index (χ4n) is 3.91. The second kappa shape index (κ2) is 13.0. The molecule has 0 radical (unpaired) electrons. The Morgan fingerprint density at radius 2 is 1.16 bits per heavy atom. The van der Waals surface area contributed by atoms with E-state index < -0.39 is 17.5 Å². The van der Waals surface area contributed by atoms with Gasteiger partial charge in [0.05, 0.1) is 13.2 Å². The number of benzene rings is 4. The molecule has 0 atom stereocenters. The van der Waals surface area contributed by atoms with Gasteiger partial charge in [-0.1, -0.05) is 68.8 Å². The molecule has 0 spiro atoms. The van der Waals surface area contributed by atoms with E-state index in [1.165, 1.54) is 12.1 Å². The van der Waals surface area contributed by atoms with Gasteiger partial charge in [-0.15, -0.1) is 0 Å². The third-order valence-electron chi connectivity index (χ3n) is 6.05. The van der Waals surface area contributed by atoms with Crippen molar-refractivity contribution in [3.8, 4) is 39.5 Å². The third kappa shape index (κ3) is 6.68. The predicted octanol–water partition coefficient (Wildman–Crippen LogP) is 8.98. The summed E-state index contributed by atoms with van der Waals surface area (Å²) in [4.78, 5) is 0. The first-order valence-corrected chi connectivity index (χ1v) is 12.9. The molecule has 6 heteroatoms. The summed E-state index contributed by atoms with van der Waals surface area (Å²) in [5.74, 6) is -1.06.